The Morgan fingerprint density at radius 1 is 1.21 bits per heavy atom. The van der Waals surface area contributed by atoms with Crippen molar-refractivity contribution < 1.29 is 13.0 Å². The molecule has 1 aromatic carbocycles. The van der Waals surface area contributed by atoms with Crippen molar-refractivity contribution in [2.24, 2.45) is 5.92 Å². The summed E-state index contributed by atoms with van der Waals surface area (Å²) in [6.45, 7) is 1.84. The molecule has 5 nitrogen and oxygen atoms in total. The van der Waals surface area contributed by atoms with E-state index in [1.807, 2.05) is 30.3 Å². The summed E-state index contributed by atoms with van der Waals surface area (Å²) < 4.78 is 30.3. The lowest BCUT2D eigenvalue weighted by Crippen LogP contribution is -2.34. The third-order valence-electron chi connectivity index (χ3n) is 4.59. The molecule has 0 aliphatic carbocycles. The van der Waals surface area contributed by atoms with Crippen LogP contribution in [0.1, 0.15) is 25.7 Å². The van der Waals surface area contributed by atoms with E-state index in [2.05, 4.69) is 4.90 Å². The average Bonchev–Trinajstić information content (AvgIpc) is 2.54. The Morgan fingerprint density at radius 3 is 2.67 bits per heavy atom. The van der Waals surface area contributed by atoms with E-state index >= 15 is 0 Å². The smallest absolute Gasteiger partial charge is 0.264 e. The highest BCUT2D eigenvalue weighted by Gasteiger charge is 2.20. The number of fused-ring (bicyclic) bond motifs is 1. The maximum absolute atomic E-state index is 10.8. The van der Waals surface area contributed by atoms with Crippen LogP contribution in [0.15, 0.2) is 30.3 Å². The number of nitrogens with zero attached hydrogens (tertiary/aromatic N) is 2. The monoisotopic (exact) mass is 368 g/mol. The second kappa shape index (κ2) is 7.25. The fourth-order valence-electron chi connectivity index (χ4n) is 3.27. The van der Waals surface area contributed by atoms with Gasteiger partial charge in [0.05, 0.1) is 11.3 Å². The molecule has 1 aromatic heterocycles. The summed E-state index contributed by atoms with van der Waals surface area (Å²) in [6, 6.07) is 9.76. The summed E-state index contributed by atoms with van der Waals surface area (Å²) in [5.41, 5.74) is 0.937. The topological polar surface area (TPSA) is 70.5 Å². The minimum Gasteiger partial charge on any atom is -0.357 e. The van der Waals surface area contributed by atoms with E-state index in [1.54, 1.807) is 0 Å². The van der Waals surface area contributed by atoms with E-state index in [1.165, 1.54) is 0 Å². The molecule has 1 aliphatic heterocycles. The van der Waals surface area contributed by atoms with Gasteiger partial charge in [-0.1, -0.05) is 11.6 Å². The molecule has 0 amide bonds. The lowest BCUT2D eigenvalue weighted by molar-refractivity contribution is 0.375. The van der Waals surface area contributed by atoms with Crippen molar-refractivity contribution in [3.63, 3.8) is 0 Å². The van der Waals surface area contributed by atoms with Crippen molar-refractivity contribution in [1.82, 2.24) is 4.98 Å². The van der Waals surface area contributed by atoms with Gasteiger partial charge in [0.2, 0.25) is 0 Å². The highest BCUT2D eigenvalue weighted by molar-refractivity contribution is 7.85. The Labute approximate surface area is 147 Å². The Morgan fingerprint density at radius 2 is 1.96 bits per heavy atom. The van der Waals surface area contributed by atoms with Crippen LogP contribution in [0.4, 0.5) is 5.82 Å². The number of pyridine rings is 1. The van der Waals surface area contributed by atoms with E-state index < -0.39 is 10.1 Å². The molecule has 1 fully saturated rings. The number of piperidine rings is 1. The SMILES string of the molecule is O=S(=O)(O)CCCC1CCN(c2ccc3cc(Cl)ccc3n2)CC1. The molecule has 0 spiro atoms. The van der Waals surface area contributed by atoms with Crippen LogP contribution < -0.4 is 4.90 Å². The van der Waals surface area contributed by atoms with Gasteiger partial charge in [0, 0.05) is 23.5 Å². The molecule has 0 radical (unpaired) electrons. The maximum Gasteiger partial charge on any atom is 0.264 e. The van der Waals surface area contributed by atoms with E-state index in [0.717, 1.165) is 49.1 Å². The van der Waals surface area contributed by atoms with Gasteiger partial charge in [-0.15, -0.1) is 0 Å². The molecule has 0 atom stereocenters. The number of rotatable bonds is 5. The van der Waals surface area contributed by atoms with Gasteiger partial charge in [-0.2, -0.15) is 8.42 Å². The molecule has 1 aliphatic rings. The van der Waals surface area contributed by atoms with Crippen molar-refractivity contribution in [2.75, 3.05) is 23.7 Å². The standard InChI is InChI=1S/C17H21ClN2O3S/c18-15-4-5-16-14(12-15)3-6-17(19-16)20-9-7-13(8-10-20)2-1-11-24(21,22)23/h3-6,12-13H,1-2,7-11H2,(H,21,22,23). The molecule has 1 saturated heterocycles. The van der Waals surface area contributed by atoms with Gasteiger partial charge in [0.15, 0.2) is 0 Å². The average molecular weight is 369 g/mol. The second-order valence-corrected chi connectivity index (χ2v) is 8.37. The number of anilines is 1. The largest absolute Gasteiger partial charge is 0.357 e. The van der Waals surface area contributed by atoms with Crippen molar-refractivity contribution in [3.05, 3.63) is 35.4 Å². The molecule has 2 aromatic rings. The van der Waals surface area contributed by atoms with Crippen molar-refractivity contribution in [1.29, 1.82) is 0 Å². The number of benzene rings is 1. The molecule has 1 N–H and O–H groups in total. The molecule has 0 bridgehead atoms. The Balaban J connectivity index is 1.57. The van der Waals surface area contributed by atoms with E-state index in [9.17, 15) is 8.42 Å². The molecular weight excluding hydrogens is 348 g/mol. The molecule has 0 unspecified atom stereocenters. The van der Waals surface area contributed by atoms with Crippen LogP contribution in [0.25, 0.3) is 10.9 Å². The minimum atomic E-state index is -3.83. The van der Waals surface area contributed by atoms with Gasteiger partial charge >= 0.3 is 0 Å². The number of aromatic nitrogens is 1. The zero-order valence-corrected chi connectivity index (χ0v) is 14.9. The molecule has 2 heterocycles. The number of hydrogen-bond acceptors (Lipinski definition) is 4. The summed E-state index contributed by atoms with van der Waals surface area (Å²) in [5, 5.41) is 1.74. The normalized spacial score (nSPS) is 16.7. The zero-order chi connectivity index (χ0) is 17.2. The first-order valence-electron chi connectivity index (χ1n) is 8.17. The number of hydrogen-bond donors (Lipinski definition) is 1. The highest BCUT2D eigenvalue weighted by Crippen LogP contribution is 2.27. The molecule has 0 saturated carbocycles. The van der Waals surface area contributed by atoms with Crippen LogP contribution in [0.3, 0.4) is 0 Å². The molecule has 3 rings (SSSR count). The first-order chi connectivity index (χ1) is 11.4. The van der Waals surface area contributed by atoms with Crippen LogP contribution in [-0.4, -0.2) is 36.8 Å². The summed E-state index contributed by atoms with van der Waals surface area (Å²) in [7, 11) is -3.83. The molecule has 7 heteroatoms. The van der Waals surface area contributed by atoms with Gasteiger partial charge in [-0.25, -0.2) is 4.98 Å². The van der Waals surface area contributed by atoms with Gasteiger partial charge < -0.3 is 4.90 Å². The maximum atomic E-state index is 10.8. The predicted molar refractivity (Wildman–Crippen MR) is 97.3 cm³/mol. The first-order valence-corrected chi connectivity index (χ1v) is 10.2. The fraction of sp³-hybridized carbons (Fsp3) is 0.471. The molecule has 130 valence electrons. The lowest BCUT2D eigenvalue weighted by Gasteiger charge is -2.33. The first kappa shape index (κ1) is 17.5. The van der Waals surface area contributed by atoms with Crippen molar-refractivity contribution in [3.8, 4) is 0 Å². The summed E-state index contributed by atoms with van der Waals surface area (Å²) in [5.74, 6) is 1.35. The van der Waals surface area contributed by atoms with Crippen LogP contribution in [0.5, 0.6) is 0 Å². The lowest BCUT2D eigenvalue weighted by atomic mass is 9.92. The summed E-state index contributed by atoms with van der Waals surface area (Å²) in [4.78, 5) is 6.99. The number of halogens is 1. The summed E-state index contributed by atoms with van der Waals surface area (Å²) >= 11 is 6.00. The van der Waals surface area contributed by atoms with Gasteiger partial charge in [0.1, 0.15) is 5.82 Å². The third kappa shape index (κ3) is 4.59. The second-order valence-electron chi connectivity index (χ2n) is 6.37. The Kier molecular flexibility index (Phi) is 5.27. The van der Waals surface area contributed by atoms with Gasteiger partial charge in [-0.05, 0) is 61.9 Å². The van der Waals surface area contributed by atoms with Crippen molar-refractivity contribution >= 4 is 38.4 Å². The Bertz CT molecular complexity index is 818. The van der Waals surface area contributed by atoms with E-state index in [4.69, 9.17) is 21.1 Å². The van der Waals surface area contributed by atoms with E-state index in [-0.39, 0.29) is 5.75 Å². The Hall–Kier alpha value is -1.37. The van der Waals surface area contributed by atoms with Crippen LogP contribution in [0, 0.1) is 5.92 Å². The quantitative estimate of drug-likeness (QED) is 0.813. The minimum absolute atomic E-state index is 0.137. The predicted octanol–water partition coefficient (Wildman–Crippen LogP) is 3.77. The fourth-order valence-corrected chi connectivity index (χ4v) is 3.98. The molecule has 24 heavy (non-hydrogen) atoms. The highest BCUT2D eigenvalue weighted by atomic mass is 35.5. The van der Waals surface area contributed by atoms with Crippen molar-refractivity contribution in [2.45, 2.75) is 25.7 Å². The molecular formula is C17H21ClN2O3S. The van der Waals surface area contributed by atoms with Gasteiger partial charge in [-0.3, -0.25) is 4.55 Å². The third-order valence-corrected chi connectivity index (χ3v) is 5.63. The van der Waals surface area contributed by atoms with Crippen LogP contribution in [0.2, 0.25) is 5.02 Å². The summed E-state index contributed by atoms with van der Waals surface area (Å²) in [6.07, 6.45) is 3.41. The van der Waals surface area contributed by atoms with Crippen LogP contribution >= 0.6 is 11.6 Å². The van der Waals surface area contributed by atoms with E-state index in [0.29, 0.717) is 17.4 Å². The zero-order valence-electron chi connectivity index (χ0n) is 13.4. The van der Waals surface area contributed by atoms with Crippen LogP contribution in [-0.2, 0) is 10.1 Å². The van der Waals surface area contributed by atoms with Gasteiger partial charge in [0.25, 0.3) is 10.1 Å².